The van der Waals surface area contributed by atoms with Crippen molar-refractivity contribution < 1.29 is 10.2 Å². The SMILES string of the molecule is CC(O)C(C)Sc1nc2ccccc2cc1CO. The van der Waals surface area contributed by atoms with Crippen LogP contribution in [0.4, 0.5) is 0 Å². The van der Waals surface area contributed by atoms with Crippen molar-refractivity contribution in [1.82, 2.24) is 4.98 Å². The fourth-order valence-electron chi connectivity index (χ4n) is 1.63. The molecular weight excluding hydrogens is 246 g/mol. The van der Waals surface area contributed by atoms with Gasteiger partial charge in [0.25, 0.3) is 0 Å². The quantitative estimate of drug-likeness (QED) is 0.833. The van der Waals surface area contributed by atoms with Crippen LogP contribution in [0.2, 0.25) is 0 Å². The Bertz CT molecular complexity index is 542. The second-order valence-electron chi connectivity index (χ2n) is 4.37. The summed E-state index contributed by atoms with van der Waals surface area (Å²) < 4.78 is 0. The standard InChI is InChI=1S/C14H17NO2S/c1-9(17)10(2)18-14-12(8-16)7-11-5-3-4-6-13(11)15-14/h3-7,9-10,16-17H,8H2,1-2H3. The van der Waals surface area contributed by atoms with Gasteiger partial charge in [-0.1, -0.05) is 25.1 Å². The molecule has 0 aliphatic heterocycles. The first kappa shape index (κ1) is 13.3. The Kier molecular flexibility index (Phi) is 4.22. The molecule has 0 radical (unpaired) electrons. The Morgan fingerprint density at radius 2 is 2.00 bits per heavy atom. The van der Waals surface area contributed by atoms with Gasteiger partial charge in [0, 0.05) is 16.2 Å². The highest BCUT2D eigenvalue weighted by Gasteiger charge is 2.14. The van der Waals surface area contributed by atoms with Gasteiger partial charge >= 0.3 is 0 Å². The number of aromatic nitrogens is 1. The molecule has 0 aliphatic carbocycles. The molecule has 18 heavy (non-hydrogen) atoms. The van der Waals surface area contributed by atoms with Gasteiger partial charge in [0.1, 0.15) is 5.03 Å². The largest absolute Gasteiger partial charge is 0.392 e. The third-order valence-corrected chi connectivity index (χ3v) is 4.25. The van der Waals surface area contributed by atoms with E-state index >= 15 is 0 Å². The lowest BCUT2D eigenvalue weighted by Gasteiger charge is -2.15. The highest BCUT2D eigenvalue weighted by Crippen LogP contribution is 2.29. The summed E-state index contributed by atoms with van der Waals surface area (Å²) in [5.41, 5.74) is 1.72. The minimum Gasteiger partial charge on any atom is -0.392 e. The van der Waals surface area contributed by atoms with Crippen molar-refractivity contribution in [2.75, 3.05) is 0 Å². The van der Waals surface area contributed by atoms with Gasteiger partial charge < -0.3 is 10.2 Å². The zero-order valence-corrected chi connectivity index (χ0v) is 11.3. The van der Waals surface area contributed by atoms with Crippen LogP contribution in [0, 0.1) is 0 Å². The van der Waals surface area contributed by atoms with Crippen LogP contribution in [0.3, 0.4) is 0 Å². The van der Waals surface area contributed by atoms with E-state index in [1.165, 1.54) is 11.8 Å². The van der Waals surface area contributed by atoms with Crippen molar-refractivity contribution in [2.45, 2.75) is 36.8 Å². The van der Waals surface area contributed by atoms with E-state index in [0.29, 0.717) is 0 Å². The number of benzene rings is 1. The molecule has 0 fully saturated rings. The number of hydrogen-bond acceptors (Lipinski definition) is 4. The van der Waals surface area contributed by atoms with E-state index in [4.69, 9.17) is 0 Å². The lowest BCUT2D eigenvalue weighted by Crippen LogP contribution is -2.15. The molecule has 2 N–H and O–H groups in total. The highest BCUT2D eigenvalue weighted by atomic mass is 32.2. The highest BCUT2D eigenvalue weighted by molar-refractivity contribution is 7.99. The van der Waals surface area contributed by atoms with Crippen LogP contribution in [0.5, 0.6) is 0 Å². The molecule has 96 valence electrons. The zero-order valence-electron chi connectivity index (χ0n) is 10.5. The molecule has 0 saturated heterocycles. The molecule has 1 aromatic carbocycles. The van der Waals surface area contributed by atoms with Crippen molar-refractivity contribution in [3.05, 3.63) is 35.9 Å². The van der Waals surface area contributed by atoms with Crippen LogP contribution in [-0.2, 0) is 6.61 Å². The maximum absolute atomic E-state index is 9.55. The Morgan fingerprint density at radius 3 is 2.67 bits per heavy atom. The minimum atomic E-state index is -0.408. The van der Waals surface area contributed by atoms with Gasteiger partial charge in [-0.3, -0.25) is 0 Å². The van der Waals surface area contributed by atoms with E-state index in [1.807, 2.05) is 37.3 Å². The average Bonchev–Trinajstić information content (AvgIpc) is 2.37. The predicted octanol–water partition coefficient (Wildman–Crippen LogP) is 2.59. The summed E-state index contributed by atoms with van der Waals surface area (Å²) >= 11 is 1.50. The number of aliphatic hydroxyl groups excluding tert-OH is 2. The van der Waals surface area contributed by atoms with Crippen LogP contribution < -0.4 is 0 Å². The Labute approximate surface area is 111 Å². The van der Waals surface area contributed by atoms with Crippen molar-refractivity contribution in [2.24, 2.45) is 0 Å². The lowest BCUT2D eigenvalue weighted by molar-refractivity contribution is 0.196. The first-order chi connectivity index (χ1) is 8.61. The number of rotatable bonds is 4. The second-order valence-corrected chi connectivity index (χ2v) is 5.73. The smallest absolute Gasteiger partial charge is 0.103 e. The maximum Gasteiger partial charge on any atom is 0.103 e. The third-order valence-electron chi connectivity index (χ3n) is 2.91. The lowest BCUT2D eigenvalue weighted by atomic mass is 10.2. The topological polar surface area (TPSA) is 53.4 Å². The molecule has 2 atom stereocenters. The summed E-state index contributed by atoms with van der Waals surface area (Å²) in [6, 6.07) is 9.79. The number of para-hydroxylation sites is 1. The molecule has 0 aliphatic rings. The Balaban J connectivity index is 2.41. The van der Waals surface area contributed by atoms with Crippen LogP contribution in [-0.4, -0.2) is 26.6 Å². The summed E-state index contributed by atoms with van der Waals surface area (Å²) in [7, 11) is 0. The zero-order chi connectivity index (χ0) is 13.1. The van der Waals surface area contributed by atoms with Crippen LogP contribution >= 0.6 is 11.8 Å². The van der Waals surface area contributed by atoms with Crippen molar-refractivity contribution in [3.63, 3.8) is 0 Å². The molecule has 1 heterocycles. The molecule has 0 bridgehead atoms. The summed E-state index contributed by atoms with van der Waals surface area (Å²) in [6.07, 6.45) is -0.408. The molecule has 0 amide bonds. The van der Waals surface area contributed by atoms with Gasteiger partial charge in [-0.15, -0.1) is 11.8 Å². The molecule has 3 nitrogen and oxygen atoms in total. The van der Waals surface area contributed by atoms with Crippen molar-refractivity contribution in [3.8, 4) is 0 Å². The van der Waals surface area contributed by atoms with Gasteiger partial charge in [-0.2, -0.15) is 0 Å². The first-order valence-corrected chi connectivity index (χ1v) is 6.84. The third kappa shape index (κ3) is 2.83. The Morgan fingerprint density at radius 1 is 1.28 bits per heavy atom. The molecule has 0 saturated carbocycles. The van der Waals surface area contributed by atoms with E-state index in [9.17, 15) is 10.2 Å². The maximum atomic E-state index is 9.55. The summed E-state index contributed by atoms with van der Waals surface area (Å²) in [5, 5.41) is 20.8. The van der Waals surface area contributed by atoms with Crippen molar-refractivity contribution in [1.29, 1.82) is 0 Å². The Hall–Kier alpha value is -1.10. The van der Waals surface area contributed by atoms with E-state index < -0.39 is 6.10 Å². The van der Waals surface area contributed by atoms with E-state index in [1.54, 1.807) is 6.92 Å². The van der Waals surface area contributed by atoms with Crippen LogP contribution in [0.15, 0.2) is 35.4 Å². The van der Waals surface area contributed by atoms with Gasteiger partial charge in [0.15, 0.2) is 0 Å². The summed E-state index contributed by atoms with van der Waals surface area (Å²) in [6.45, 7) is 3.68. The van der Waals surface area contributed by atoms with Crippen molar-refractivity contribution >= 4 is 22.7 Å². The molecule has 2 rings (SSSR count). The molecule has 2 aromatic rings. The number of pyridine rings is 1. The monoisotopic (exact) mass is 263 g/mol. The molecular formula is C14H17NO2S. The van der Waals surface area contributed by atoms with E-state index in [-0.39, 0.29) is 11.9 Å². The van der Waals surface area contributed by atoms with Gasteiger partial charge in [-0.05, 0) is 19.1 Å². The van der Waals surface area contributed by atoms with Crippen LogP contribution in [0.1, 0.15) is 19.4 Å². The van der Waals surface area contributed by atoms with Gasteiger partial charge in [-0.25, -0.2) is 4.98 Å². The number of aliphatic hydroxyl groups is 2. The molecule has 2 unspecified atom stereocenters. The minimum absolute atomic E-state index is 0.0350. The molecule has 1 aromatic heterocycles. The summed E-state index contributed by atoms with van der Waals surface area (Å²) in [4.78, 5) is 4.56. The van der Waals surface area contributed by atoms with E-state index in [2.05, 4.69) is 4.98 Å². The van der Waals surface area contributed by atoms with Gasteiger partial charge in [0.2, 0.25) is 0 Å². The summed E-state index contributed by atoms with van der Waals surface area (Å²) in [5.74, 6) is 0. The fraction of sp³-hybridized carbons (Fsp3) is 0.357. The first-order valence-electron chi connectivity index (χ1n) is 5.96. The number of fused-ring (bicyclic) bond motifs is 1. The molecule has 4 heteroatoms. The average molecular weight is 263 g/mol. The predicted molar refractivity (Wildman–Crippen MR) is 74.7 cm³/mol. The number of nitrogens with zero attached hydrogens (tertiary/aromatic N) is 1. The van der Waals surface area contributed by atoms with Gasteiger partial charge in [0.05, 0.1) is 18.2 Å². The number of hydrogen-bond donors (Lipinski definition) is 2. The molecule has 0 spiro atoms. The normalized spacial score (nSPS) is 14.7. The second kappa shape index (κ2) is 5.69. The van der Waals surface area contributed by atoms with E-state index in [0.717, 1.165) is 21.5 Å². The fourth-order valence-corrected chi connectivity index (χ4v) is 2.61. The van der Waals surface area contributed by atoms with Crippen LogP contribution in [0.25, 0.3) is 10.9 Å². The number of thioether (sulfide) groups is 1.